The monoisotopic (exact) mass is 399 g/mol. The molecular formula is C25H25N3O2. The van der Waals surface area contributed by atoms with Gasteiger partial charge in [0.2, 0.25) is 0 Å². The summed E-state index contributed by atoms with van der Waals surface area (Å²) < 4.78 is 6.04. The lowest BCUT2D eigenvalue weighted by Crippen LogP contribution is -2.35. The van der Waals surface area contributed by atoms with Crippen LogP contribution >= 0.6 is 0 Å². The van der Waals surface area contributed by atoms with E-state index in [1.807, 2.05) is 25.1 Å². The zero-order valence-electron chi connectivity index (χ0n) is 17.0. The van der Waals surface area contributed by atoms with Crippen LogP contribution in [0.15, 0.2) is 72.9 Å². The van der Waals surface area contributed by atoms with Crippen molar-refractivity contribution in [2.24, 2.45) is 0 Å². The molecule has 5 nitrogen and oxygen atoms in total. The molecule has 1 N–H and O–H groups in total. The van der Waals surface area contributed by atoms with Crippen LogP contribution in [0, 0.1) is 6.92 Å². The van der Waals surface area contributed by atoms with Gasteiger partial charge in [-0.15, -0.1) is 0 Å². The third-order valence-electron chi connectivity index (χ3n) is 6.12. The van der Waals surface area contributed by atoms with Gasteiger partial charge in [0, 0.05) is 30.4 Å². The molecule has 5 heteroatoms. The highest BCUT2D eigenvalue weighted by Gasteiger charge is 2.50. The molecule has 1 saturated heterocycles. The van der Waals surface area contributed by atoms with E-state index in [1.165, 1.54) is 16.8 Å². The predicted molar refractivity (Wildman–Crippen MR) is 118 cm³/mol. The fourth-order valence-corrected chi connectivity index (χ4v) is 4.63. The summed E-state index contributed by atoms with van der Waals surface area (Å²) >= 11 is 0. The van der Waals surface area contributed by atoms with E-state index in [9.17, 15) is 4.79 Å². The van der Waals surface area contributed by atoms with Crippen LogP contribution in [-0.2, 0) is 21.5 Å². The van der Waals surface area contributed by atoms with Crippen molar-refractivity contribution in [3.05, 3.63) is 89.6 Å². The number of rotatable bonds is 4. The molecule has 2 aliphatic rings. The summed E-state index contributed by atoms with van der Waals surface area (Å²) in [6.07, 6.45) is 1.95. The number of anilines is 2. The van der Waals surface area contributed by atoms with Crippen molar-refractivity contribution in [1.29, 1.82) is 0 Å². The van der Waals surface area contributed by atoms with Gasteiger partial charge < -0.3 is 15.0 Å². The zero-order chi connectivity index (χ0) is 20.6. The molecule has 0 unspecified atom stereocenters. The van der Waals surface area contributed by atoms with Gasteiger partial charge in [0.25, 0.3) is 5.91 Å². The third kappa shape index (κ3) is 3.46. The number of benzene rings is 2. The zero-order valence-corrected chi connectivity index (χ0v) is 17.0. The molecule has 1 aromatic heterocycles. The first-order chi connectivity index (χ1) is 14.6. The van der Waals surface area contributed by atoms with E-state index in [4.69, 9.17) is 4.74 Å². The highest BCUT2D eigenvalue weighted by Crippen LogP contribution is 2.47. The Bertz CT molecular complexity index is 1050. The van der Waals surface area contributed by atoms with Gasteiger partial charge in [-0.1, -0.05) is 54.6 Å². The Morgan fingerprint density at radius 2 is 1.93 bits per heavy atom. The molecule has 0 radical (unpaired) electrons. The summed E-state index contributed by atoms with van der Waals surface area (Å²) in [6, 6.07) is 22.8. The molecule has 5 rings (SSSR count). The van der Waals surface area contributed by atoms with Gasteiger partial charge >= 0.3 is 0 Å². The van der Waals surface area contributed by atoms with Gasteiger partial charge in [0.1, 0.15) is 11.9 Å². The number of hydrogen-bond donors (Lipinski definition) is 1. The maximum absolute atomic E-state index is 12.8. The van der Waals surface area contributed by atoms with Gasteiger partial charge in [0.05, 0.1) is 6.61 Å². The first-order valence-electron chi connectivity index (χ1n) is 10.4. The average Bonchev–Trinajstić information content (AvgIpc) is 3.33. The van der Waals surface area contributed by atoms with Crippen molar-refractivity contribution >= 4 is 17.4 Å². The molecule has 0 aliphatic carbocycles. The van der Waals surface area contributed by atoms with Crippen LogP contribution < -0.4 is 10.2 Å². The van der Waals surface area contributed by atoms with Crippen molar-refractivity contribution in [3.8, 4) is 0 Å². The fourth-order valence-electron chi connectivity index (χ4n) is 4.63. The maximum atomic E-state index is 12.8. The van der Waals surface area contributed by atoms with E-state index in [2.05, 4.69) is 63.7 Å². The average molecular weight is 399 g/mol. The number of aryl methyl sites for hydroxylation is 1. The van der Waals surface area contributed by atoms with Crippen molar-refractivity contribution in [3.63, 3.8) is 0 Å². The molecule has 0 bridgehead atoms. The Labute approximate surface area is 176 Å². The fraction of sp³-hybridized carbons (Fsp3) is 0.280. The minimum atomic E-state index is -0.474. The normalized spacial score (nSPS) is 22.3. The number of nitrogens with zero attached hydrogens (tertiary/aromatic N) is 2. The van der Waals surface area contributed by atoms with Crippen LogP contribution in [0.25, 0.3) is 0 Å². The number of ether oxygens (including phenoxy) is 1. The molecule has 3 aromatic rings. The van der Waals surface area contributed by atoms with Crippen molar-refractivity contribution in [2.45, 2.75) is 31.4 Å². The molecule has 152 valence electrons. The second-order valence-electron chi connectivity index (χ2n) is 8.35. The Balaban J connectivity index is 1.34. The lowest BCUT2D eigenvalue weighted by atomic mass is 9.80. The topological polar surface area (TPSA) is 54.5 Å². The summed E-state index contributed by atoms with van der Waals surface area (Å²) in [4.78, 5) is 19.5. The van der Waals surface area contributed by atoms with Crippen LogP contribution in [0.4, 0.5) is 11.5 Å². The molecule has 1 amide bonds. The number of hydrogen-bond acceptors (Lipinski definition) is 4. The number of amides is 1. The van der Waals surface area contributed by atoms with Crippen molar-refractivity contribution < 1.29 is 9.53 Å². The second-order valence-corrected chi connectivity index (χ2v) is 8.35. The van der Waals surface area contributed by atoms with Crippen LogP contribution in [0.3, 0.4) is 0 Å². The number of nitrogens with one attached hydrogen (secondary N) is 1. The van der Waals surface area contributed by atoms with Crippen molar-refractivity contribution in [1.82, 2.24) is 4.98 Å². The Morgan fingerprint density at radius 3 is 2.73 bits per heavy atom. The van der Waals surface area contributed by atoms with Crippen LogP contribution in [0.2, 0.25) is 0 Å². The smallest absolute Gasteiger partial charge is 0.254 e. The van der Waals surface area contributed by atoms with Gasteiger partial charge in [-0.3, -0.25) is 4.79 Å². The number of para-hydroxylation sites is 1. The van der Waals surface area contributed by atoms with Gasteiger partial charge in [0.15, 0.2) is 0 Å². The standard InChI is InChI=1S/C25H25N3O2/c1-18-11-12-23(26-14-18)27-24(29)22-13-25(17-30-22)16-28(15-19-7-3-2-4-8-19)21-10-6-5-9-20(21)25/h2-12,14,22H,13,15-17H2,1H3,(H,26,27,29)/t22-,25+/m1/s1. The number of aromatic nitrogens is 1. The molecule has 30 heavy (non-hydrogen) atoms. The molecule has 2 aliphatic heterocycles. The predicted octanol–water partition coefficient (Wildman–Crippen LogP) is 4.08. The van der Waals surface area contributed by atoms with Gasteiger partial charge in [-0.25, -0.2) is 4.98 Å². The summed E-state index contributed by atoms with van der Waals surface area (Å²) in [5.41, 5.74) is 4.71. The number of carbonyl (C=O) groups excluding carboxylic acids is 1. The van der Waals surface area contributed by atoms with E-state index in [1.54, 1.807) is 6.20 Å². The summed E-state index contributed by atoms with van der Waals surface area (Å²) in [5.74, 6) is 0.440. The SMILES string of the molecule is Cc1ccc(NC(=O)[C@H]2C[C@@]3(CO2)CN(Cc2ccccc2)c2ccccc23)nc1. The molecular weight excluding hydrogens is 374 g/mol. The third-order valence-corrected chi connectivity index (χ3v) is 6.12. The van der Waals surface area contributed by atoms with E-state index in [0.717, 1.165) is 18.7 Å². The highest BCUT2D eigenvalue weighted by atomic mass is 16.5. The maximum Gasteiger partial charge on any atom is 0.254 e. The van der Waals surface area contributed by atoms with E-state index in [0.29, 0.717) is 18.8 Å². The number of pyridine rings is 1. The number of carbonyl (C=O) groups is 1. The van der Waals surface area contributed by atoms with Crippen LogP contribution in [0.1, 0.15) is 23.1 Å². The first-order valence-corrected chi connectivity index (χ1v) is 10.4. The van der Waals surface area contributed by atoms with Crippen LogP contribution in [-0.4, -0.2) is 30.1 Å². The molecule has 1 spiro atoms. The molecule has 3 heterocycles. The minimum absolute atomic E-state index is 0.123. The lowest BCUT2D eigenvalue weighted by Gasteiger charge is -2.24. The van der Waals surface area contributed by atoms with Gasteiger partial charge in [-0.05, 0) is 42.2 Å². The number of fused-ring (bicyclic) bond motifs is 2. The van der Waals surface area contributed by atoms with E-state index in [-0.39, 0.29) is 11.3 Å². The molecule has 2 aromatic carbocycles. The first kappa shape index (κ1) is 18.8. The Hall–Kier alpha value is -3.18. The van der Waals surface area contributed by atoms with Gasteiger partial charge in [-0.2, -0.15) is 0 Å². The summed E-state index contributed by atoms with van der Waals surface area (Å²) in [7, 11) is 0. The van der Waals surface area contributed by atoms with Crippen molar-refractivity contribution in [2.75, 3.05) is 23.4 Å². The molecule has 1 fully saturated rings. The quantitative estimate of drug-likeness (QED) is 0.718. The Morgan fingerprint density at radius 1 is 1.13 bits per heavy atom. The molecule has 2 atom stereocenters. The van der Waals surface area contributed by atoms with E-state index < -0.39 is 6.10 Å². The summed E-state index contributed by atoms with van der Waals surface area (Å²) in [6.45, 7) is 4.23. The second kappa shape index (κ2) is 7.58. The largest absolute Gasteiger partial charge is 0.367 e. The lowest BCUT2D eigenvalue weighted by molar-refractivity contribution is -0.124. The van der Waals surface area contributed by atoms with Crippen LogP contribution in [0.5, 0.6) is 0 Å². The summed E-state index contributed by atoms with van der Waals surface area (Å²) in [5, 5.41) is 2.90. The highest BCUT2D eigenvalue weighted by molar-refractivity contribution is 5.93. The molecule has 0 saturated carbocycles. The minimum Gasteiger partial charge on any atom is -0.367 e. The Kier molecular flexibility index (Phi) is 4.75. The van der Waals surface area contributed by atoms with E-state index >= 15 is 0 Å².